The average Bonchev–Trinajstić information content (AvgIpc) is 2.54. The summed E-state index contributed by atoms with van der Waals surface area (Å²) in [4.78, 5) is 0. The summed E-state index contributed by atoms with van der Waals surface area (Å²) in [6, 6.07) is 10.2. The van der Waals surface area contributed by atoms with Crippen LogP contribution in [-0.2, 0) is 0 Å². The van der Waals surface area contributed by atoms with E-state index >= 15 is 0 Å². The maximum absolute atomic E-state index is 9.58. The van der Waals surface area contributed by atoms with Gasteiger partial charge in [0.25, 0.3) is 0 Å². The SMILES string of the molecule is O[C@@H]1CCC/C1=C\c1ccccc1. The van der Waals surface area contributed by atoms with E-state index < -0.39 is 0 Å². The Balaban J connectivity index is 2.20. The van der Waals surface area contributed by atoms with E-state index in [4.69, 9.17) is 0 Å². The molecule has 0 radical (unpaired) electrons. The standard InChI is InChI=1S/C12H14O/c13-12-8-4-7-11(12)9-10-5-2-1-3-6-10/h1-3,5-6,9,12-13H,4,7-8H2/b11-9+/t12-/m1/s1. The average molecular weight is 174 g/mol. The van der Waals surface area contributed by atoms with E-state index in [1.807, 2.05) is 18.2 Å². The van der Waals surface area contributed by atoms with Crippen LogP contribution in [0.3, 0.4) is 0 Å². The second-order valence-corrected chi connectivity index (χ2v) is 3.54. The van der Waals surface area contributed by atoms with Gasteiger partial charge in [-0.1, -0.05) is 36.4 Å². The maximum atomic E-state index is 9.58. The molecular formula is C12H14O. The van der Waals surface area contributed by atoms with Crippen LogP contribution in [0.25, 0.3) is 6.08 Å². The largest absolute Gasteiger partial charge is 0.389 e. The summed E-state index contributed by atoms with van der Waals surface area (Å²) in [6.07, 6.45) is 5.02. The van der Waals surface area contributed by atoms with E-state index in [-0.39, 0.29) is 6.10 Å². The van der Waals surface area contributed by atoms with E-state index in [2.05, 4.69) is 18.2 Å². The van der Waals surface area contributed by atoms with Crippen LogP contribution in [-0.4, -0.2) is 11.2 Å². The van der Waals surface area contributed by atoms with Gasteiger partial charge in [0.1, 0.15) is 0 Å². The number of hydrogen-bond donors (Lipinski definition) is 1. The first-order valence-electron chi connectivity index (χ1n) is 4.80. The number of hydrogen-bond acceptors (Lipinski definition) is 1. The molecule has 1 aromatic carbocycles. The zero-order chi connectivity index (χ0) is 9.10. The Hall–Kier alpha value is -1.08. The summed E-state index contributed by atoms with van der Waals surface area (Å²) in [5.41, 5.74) is 2.38. The van der Waals surface area contributed by atoms with Gasteiger partial charge in [0.05, 0.1) is 6.10 Å². The highest BCUT2D eigenvalue weighted by Gasteiger charge is 2.17. The van der Waals surface area contributed by atoms with Gasteiger partial charge in [0, 0.05) is 0 Å². The Kier molecular flexibility index (Phi) is 2.46. The van der Waals surface area contributed by atoms with Crippen molar-refractivity contribution in [3.63, 3.8) is 0 Å². The molecule has 13 heavy (non-hydrogen) atoms. The van der Waals surface area contributed by atoms with Gasteiger partial charge < -0.3 is 5.11 Å². The summed E-state index contributed by atoms with van der Waals surface area (Å²) < 4.78 is 0. The Bertz CT molecular complexity index is 300. The monoisotopic (exact) mass is 174 g/mol. The summed E-state index contributed by atoms with van der Waals surface area (Å²) in [5.74, 6) is 0. The van der Waals surface area contributed by atoms with Gasteiger partial charge in [-0.25, -0.2) is 0 Å². The number of rotatable bonds is 1. The van der Waals surface area contributed by atoms with Crippen molar-refractivity contribution in [2.24, 2.45) is 0 Å². The molecule has 0 aromatic heterocycles. The van der Waals surface area contributed by atoms with Crippen LogP contribution in [0.1, 0.15) is 24.8 Å². The lowest BCUT2D eigenvalue weighted by Crippen LogP contribution is -2.00. The first kappa shape index (κ1) is 8.52. The third kappa shape index (κ3) is 1.99. The highest BCUT2D eigenvalue weighted by Crippen LogP contribution is 2.26. The minimum absolute atomic E-state index is 0.194. The molecular weight excluding hydrogens is 160 g/mol. The minimum Gasteiger partial charge on any atom is -0.389 e. The summed E-state index contributed by atoms with van der Waals surface area (Å²) in [7, 11) is 0. The summed E-state index contributed by atoms with van der Waals surface area (Å²) in [5, 5.41) is 9.58. The molecule has 2 rings (SSSR count). The molecule has 1 nitrogen and oxygen atoms in total. The number of benzene rings is 1. The van der Waals surface area contributed by atoms with E-state index in [1.54, 1.807) is 0 Å². The minimum atomic E-state index is -0.194. The molecule has 1 aliphatic carbocycles. The fourth-order valence-electron chi connectivity index (χ4n) is 1.78. The first-order chi connectivity index (χ1) is 6.36. The van der Waals surface area contributed by atoms with Gasteiger partial charge in [-0.15, -0.1) is 0 Å². The first-order valence-corrected chi connectivity index (χ1v) is 4.80. The fourth-order valence-corrected chi connectivity index (χ4v) is 1.78. The van der Waals surface area contributed by atoms with Gasteiger partial charge in [0.2, 0.25) is 0 Å². The highest BCUT2D eigenvalue weighted by atomic mass is 16.3. The lowest BCUT2D eigenvalue weighted by atomic mass is 10.1. The zero-order valence-electron chi connectivity index (χ0n) is 7.61. The molecule has 0 saturated heterocycles. The van der Waals surface area contributed by atoms with Crippen LogP contribution in [0.5, 0.6) is 0 Å². The third-order valence-electron chi connectivity index (χ3n) is 2.52. The number of aliphatic hydroxyl groups excluding tert-OH is 1. The molecule has 1 aliphatic rings. The molecule has 0 aliphatic heterocycles. The van der Waals surface area contributed by atoms with Crippen LogP contribution in [0.4, 0.5) is 0 Å². The topological polar surface area (TPSA) is 20.2 Å². The van der Waals surface area contributed by atoms with Crippen LogP contribution in [0, 0.1) is 0 Å². The predicted octanol–water partition coefficient (Wildman–Crippen LogP) is 2.61. The molecule has 68 valence electrons. The second kappa shape index (κ2) is 3.75. The van der Waals surface area contributed by atoms with Gasteiger partial charge in [-0.2, -0.15) is 0 Å². The molecule has 1 aromatic rings. The van der Waals surface area contributed by atoms with E-state index in [1.165, 1.54) is 11.1 Å². The smallest absolute Gasteiger partial charge is 0.0753 e. The molecule has 0 unspecified atom stereocenters. The summed E-state index contributed by atoms with van der Waals surface area (Å²) >= 11 is 0. The van der Waals surface area contributed by atoms with Crippen LogP contribution < -0.4 is 0 Å². The zero-order valence-corrected chi connectivity index (χ0v) is 7.61. The van der Waals surface area contributed by atoms with Crippen molar-refractivity contribution in [2.45, 2.75) is 25.4 Å². The molecule has 1 fully saturated rings. The fraction of sp³-hybridized carbons (Fsp3) is 0.333. The highest BCUT2D eigenvalue weighted by molar-refractivity contribution is 5.54. The van der Waals surface area contributed by atoms with Crippen molar-refractivity contribution in [3.8, 4) is 0 Å². The third-order valence-corrected chi connectivity index (χ3v) is 2.52. The van der Waals surface area contributed by atoms with Crippen molar-refractivity contribution in [3.05, 3.63) is 41.5 Å². The van der Waals surface area contributed by atoms with Crippen LogP contribution in [0.2, 0.25) is 0 Å². The Morgan fingerprint density at radius 1 is 1.23 bits per heavy atom. The second-order valence-electron chi connectivity index (χ2n) is 3.54. The van der Waals surface area contributed by atoms with Gasteiger partial charge in [0.15, 0.2) is 0 Å². The summed E-state index contributed by atoms with van der Waals surface area (Å²) in [6.45, 7) is 0. The van der Waals surface area contributed by atoms with Gasteiger partial charge >= 0.3 is 0 Å². The lowest BCUT2D eigenvalue weighted by Gasteiger charge is -2.03. The predicted molar refractivity (Wildman–Crippen MR) is 54.3 cm³/mol. The van der Waals surface area contributed by atoms with Gasteiger partial charge in [-0.3, -0.25) is 0 Å². The van der Waals surface area contributed by atoms with Crippen molar-refractivity contribution in [1.82, 2.24) is 0 Å². The van der Waals surface area contributed by atoms with Crippen molar-refractivity contribution in [2.75, 3.05) is 0 Å². The normalized spacial score (nSPS) is 25.3. The van der Waals surface area contributed by atoms with Crippen molar-refractivity contribution < 1.29 is 5.11 Å². The molecule has 1 saturated carbocycles. The molecule has 1 N–H and O–H groups in total. The quantitative estimate of drug-likeness (QED) is 0.694. The maximum Gasteiger partial charge on any atom is 0.0753 e. The van der Waals surface area contributed by atoms with Crippen LogP contribution >= 0.6 is 0 Å². The lowest BCUT2D eigenvalue weighted by molar-refractivity contribution is 0.219. The van der Waals surface area contributed by atoms with E-state index in [0.29, 0.717) is 0 Å². The molecule has 0 spiro atoms. The number of aliphatic hydroxyl groups is 1. The Morgan fingerprint density at radius 3 is 2.62 bits per heavy atom. The van der Waals surface area contributed by atoms with Gasteiger partial charge in [-0.05, 0) is 30.4 Å². The molecule has 0 heterocycles. The molecule has 1 heteroatoms. The van der Waals surface area contributed by atoms with Crippen molar-refractivity contribution in [1.29, 1.82) is 0 Å². The van der Waals surface area contributed by atoms with E-state index in [9.17, 15) is 5.11 Å². The van der Waals surface area contributed by atoms with E-state index in [0.717, 1.165) is 19.3 Å². The van der Waals surface area contributed by atoms with Crippen molar-refractivity contribution >= 4 is 6.08 Å². The Labute approximate surface area is 78.7 Å². The van der Waals surface area contributed by atoms with Crippen LogP contribution in [0.15, 0.2) is 35.9 Å². The Morgan fingerprint density at radius 2 is 2.00 bits per heavy atom. The molecule has 0 amide bonds. The molecule has 0 bridgehead atoms. The molecule has 1 atom stereocenters.